The lowest BCUT2D eigenvalue weighted by molar-refractivity contribution is 0.0657. The maximum Gasteiger partial charge on any atom is 0.274 e. The second kappa shape index (κ2) is 8.20. The SMILES string of the molecule is Cc1[nH]cnc1CN(C(=O)c1cc(C)n(C)n1)C(C)CCc1ccccc1. The lowest BCUT2D eigenvalue weighted by Crippen LogP contribution is -2.39. The summed E-state index contributed by atoms with van der Waals surface area (Å²) in [5, 5.41) is 4.38. The van der Waals surface area contributed by atoms with Gasteiger partial charge in [-0.05, 0) is 45.2 Å². The Bertz CT molecular complexity index is 877. The second-order valence-electron chi connectivity index (χ2n) is 7.08. The fourth-order valence-electron chi connectivity index (χ4n) is 3.12. The summed E-state index contributed by atoms with van der Waals surface area (Å²) in [5.41, 5.74) is 4.60. The van der Waals surface area contributed by atoms with Gasteiger partial charge in [0, 0.05) is 24.5 Å². The largest absolute Gasteiger partial charge is 0.348 e. The lowest BCUT2D eigenvalue weighted by Gasteiger charge is -2.28. The molecule has 0 aliphatic heterocycles. The van der Waals surface area contributed by atoms with Crippen molar-refractivity contribution in [2.45, 2.75) is 46.2 Å². The summed E-state index contributed by atoms with van der Waals surface area (Å²) in [7, 11) is 1.85. The summed E-state index contributed by atoms with van der Waals surface area (Å²) in [6.45, 7) is 6.49. The van der Waals surface area contributed by atoms with E-state index in [-0.39, 0.29) is 11.9 Å². The molecule has 3 rings (SSSR count). The van der Waals surface area contributed by atoms with Crippen molar-refractivity contribution in [2.24, 2.45) is 7.05 Å². The molecule has 2 heterocycles. The average molecular weight is 365 g/mol. The standard InChI is InChI=1S/C21H27N5O/c1-15(10-11-18-8-6-5-7-9-18)26(13-20-17(3)22-14-23-20)21(27)19-12-16(2)25(4)24-19/h5-9,12,14-15H,10-11,13H2,1-4H3,(H,22,23). The van der Waals surface area contributed by atoms with Crippen LogP contribution in [0, 0.1) is 13.8 Å². The third-order valence-electron chi connectivity index (χ3n) is 5.07. The minimum Gasteiger partial charge on any atom is -0.348 e. The summed E-state index contributed by atoms with van der Waals surface area (Å²) in [6.07, 6.45) is 3.48. The molecule has 1 atom stereocenters. The number of carbonyl (C=O) groups excluding carboxylic acids is 1. The van der Waals surface area contributed by atoms with Gasteiger partial charge in [-0.25, -0.2) is 4.98 Å². The first-order chi connectivity index (χ1) is 13.0. The summed E-state index contributed by atoms with van der Waals surface area (Å²) < 4.78 is 1.74. The number of aromatic nitrogens is 4. The van der Waals surface area contributed by atoms with Gasteiger partial charge >= 0.3 is 0 Å². The summed E-state index contributed by atoms with van der Waals surface area (Å²) >= 11 is 0. The third kappa shape index (κ3) is 4.45. The Hall–Kier alpha value is -2.89. The van der Waals surface area contributed by atoms with Crippen molar-refractivity contribution in [3.8, 4) is 0 Å². The quantitative estimate of drug-likeness (QED) is 0.697. The number of nitrogens with zero attached hydrogens (tertiary/aromatic N) is 4. The van der Waals surface area contributed by atoms with Crippen LogP contribution in [0.3, 0.4) is 0 Å². The number of H-pyrrole nitrogens is 1. The molecule has 3 aromatic rings. The fourth-order valence-corrected chi connectivity index (χ4v) is 3.12. The molecular weight excluding hydrogens is 338 g/mol. The number of aryl methyl sites for hydroxylation is 4. The number of hydrogen-bond donors (Lipinski definition) is 1. The Morgan fingerprint density at radius 1 is 1.26 bits per heavy atom. The number of rotatable bonds is 7. The summed E-state index contributed by atoms with van der Waals surface area (Å²) in [4.78, 5) is 22.6. The zero-order chi connectivity index (χ0) is 19.4. The molecule has 6 heteroatoms. The Kier molecular flexibility index (Phi) is 5.74. The van der Waals surface area contributed by atoms with Gasteiger partial charge in [-0.1, -0.05) is 30.3 Å². The zero-order valence-corrected chi connectivity index (χ0v) is 16.4. The second-order valence-corrected chi connectivity index (χ2v) is 7.08. The Morgan fingerprint density at radius 2 is 2.00 bits per heavy atom. The normalized spacial score (nSPS) is 12.1. The van der Waals surface area contributed by atoms with Crippen LogP contribution in [0.4, 0.5) is 0 Å². The molecule has 142 valence electrons. The molecule has 27 heavy (non-hydrogen) atoms. The summed E-state index contributed by atoms with van der Waals surface area (Å²) in [5.74, 6) is -0.0540. The highest BCUT2D eigenvalue weighted by Crippen LogP contribution is 2.17. The first kappa shape index (κ1) is 18.9. The van der Waals surface area contributed by atoms with Gasteiger partial charge in [0.05, 0.1) is 18.6 Å². The van der Waals surface area contributed by atoms with E-state index in [1.165, 1.54) is 5.56 Å². The minimum absolute atomic E-state index is 0.0540. The van der Waals surface area contributed by atoms with Crippen LogP contribution in [0.5, 0.6) is 0 Å². The van der Waals surface area contributed by atoms with Crippen LogP contribution in [-0.4, -0.2) is 36.6 Å². The summed E-state index contributed by atoms with van der Waals surface area (Å²) in [6, 6.07) is 12.3. The molecule has 1 amide bonds. The molecule has 0 saturated carbocycles. The van der Waals surface area contributed by atoms with Crippen LogP contribution in [0.2, 0.25) is 0 Å². The van der Waals surface area contributed by atoms with Crippen LogP contribution in [0.25, 0.3) is 0 Å². The van der Waals surface area contributed by atoms with E-state index in [0.29, 0.717) is 12.2 Å². The van der Waals surface area contributed by atoms with Crippen molar-refractivity contribution in [3.05, 3.63) is 71.1 Å². The van der Waals surface area contributed by atoms with Crippen LogP contribution >= 0.6 is 0 Å². The number of aromatic amines is 1. The van der Waals surface area contributed by atoms with Crippen molar-refractivity contribution >= 4 is 5.91 Å². The van der Waals surface area contributed by atoms with E-state index in [4.69, 9.17) is 0 Å². The molecule has 1 unspecified atom stereocenters. The minimum atomic E-state index is -0.0540. The predicted octanol–water partition coefficient (Wildman–Crippen LogP) is 3.42. The highest BCUT2D eigenvalue weighted by molar-refractivity contribution is 5.92. The molecular formula is C21H27N5O. The van der Waals surface area contributed by atoms with Gasteiger partial charge in [0.2, 0.25) is 0 Å². The smallest absolute Gasteiger partial charge is 0.274 e. The van der Waals surface area contributed by atoms with E-state index in [2.05, 4.69) is 34.1 Å². The van der Waals surface area contributed by atoms with Crippen molar-refractivity contribution in [1.29, 1.82) is 0 Å². The van der Waals surface area contributed by atoms with E-state index < -0.39 is 0 Å². The van der Waals surface area contributed by atoms with Gasteiger partial charge in [0.1, 0.15) is 0 Å². The first-order valence-electron chi connectivity index (χ1n) is 9.30. The molecule has 0 radical (unpaired) electrons. The first-order valence-corrected chi connectivity index (χ1v) is 9.30. The molecule has 0 saturated heterocycles. The van der Waals surface area contributed by atoms with Gasteiger partial charge in [-0.3, -0.25) is 9.48 Å². The van der Waals surface area contributed by atoms with Crippen LogP contribution in [0.1, 0.15) is 46.5 Å². The van der Waals surface area contributed by atoms with Crippen LogP contribution < -0.4 is 0 Å². The Labute approximate surface area is 160 Å². The molecule has 2 aromatic heterocycles. The molecule has 0 bridgehead atoms. The van der Waals surface area contributed by atoms with Crippen molar-refractivity contribution in [3.63, 3.8) is 0 Å². The topological polar surface area (TPSA) is 66.8 Å². The maximum atomic E-state index is 13.2. The van der Waals surface area contributed by atoms with Gasteiger partial charge in [0.15, 0.2) is 5.69 Å². The maximum absolute atomic E-state index is 13.2. The molecule has 0 fully saturated rings. The monoisotopic (exact) mass is 365 g/mol. The molecule has 0 aliphatic carbocycles. The number of imidazole rings is 1. The fraction of sp³-hybridized carbons (Fsp3) is 0.381. The van der Waals surface area contributed by atoms with Crippen LogP contribution in [0.15, 0.2) is 42.7 Å². The highest BCUT2D eigenvalue weighted by atomic mass is 16.2. The van der Waals surface area contributed by atoms with Crippen molar-refractivity contribution < 1.29 is 4.79 Å². The van der Waals surface area contributed by atoms with E-state index in [0.717, 1.165) is 29.9 Å². The molecule has 1 aromatic carbocycles. The number of hydrogen-bond acceptors (Lipinski definition) is 3. The van der Waals surface area contributed by atoms with E-state index >= 15 is 0 Å². The van der Waals surface area contributed by atoms with E-state index in [1.807, 2.05) is 50.1 Å². The highest BCUT2D eigenvalue weighted by Gasteiger charge is 2.25. The number of nitrogens with one attached hydrogen (secondary N) is 1. The third-order valence-corrected chi connectivity index (χ3v) is 5.07. The molecule has 0 aliphatic rings. The number of carbonyl (C=O) groups is 1. The van der Waals surface area contributed by atoms with Gasteiger partial charge in [0.25, 0.3) is 5.91 Å². The Balaban J connectivity index is 1.80. The number of benzene rings is 1. The predicted molar refractivity (Wildman–Crippen MR) is 105 cm³/mol. The van der Waals surface area contributed by atoms with Gasteiger partial charge in [-0.2, -0.15) is 5.10 Å². The van der Waals surface area contributed by atoms with Crippen molar-refractivity contribution in [1.82, 2.24) is 24.6 Å². The number of amides is 1. The van der Waals surface area contributed by atoms with Crippen LogP contribution in [-0.2, 0) is 20.0 Å². The zero-order valence-electron chi connectivity index (χ0n) is 16.4. The molecule has 1 N–H and O–H groups in total. The van der Waals surface area contributed by atoms with E-state index in [1.54, 1.807) is 11.0 Å². The Morgan fingerprint density at radius 3 is 2.59 bits per heavy atom. The molecule has 0 spiro atoms. The average Bonchev–Trinajstić information content (AvgIpc) is 3.23. The van der Waals surface area contributed by atoms with Gasteiger partial charge in [-0.15, -0.1) is 0 Å². The van der Waals surface area contributed by atoms with Crippen molar-refractivity contribution in [2.75, 3.05) is 0 Å². The van der Waals surface area contributed by atoms with Gasteiger partial charge < -0.3 is 9.88 Å². The molecule has 6 nitrogen and oxygen atoms in total. The lowest BCUT2D eigenvalue weighted by atomic mass is 10.0. The van der Waals surface area contributed by atoms with E-state index in [9.17, 15) is 4.79 Å².